The SMILES string of the molecule is CC(C)(Cn1c(CCCl)nc2cc(Br)cnc21)C(N)=O. The number of carbonyl (C=O) groups is 1. The predicted octanol–water partition coefficient (Wildman–Crippen LogP) is 2.49. The number of amides is 1. The van der Waals surface area contributed by atoms with E-state index < -0.39 is 5.41 Å². The van der Waals surface area contributed by atoms with Crippen molar-refractivity contribution in [3.8, 4) is 0 Å². The molecule has 20 heavy (non-hydrogen) atoms. The minimum absolute atomic E-state index is 0.353. The molecule has 0 aliphatic heterocycles. The summed E-state index contributed by atoms with van der Waals surface area (Å²) in [4.78, 5) is 20.5. The molecule has 0 spiro atoms. The molecule has 0 aromatic carbocycles. The second kappa shape index (κ2) is 5.69. The van der Waals surface area contributed by atoms with Gasteiger partial charge in [0.2, 0.25) is 5.91 Å². The van der Waals surface area contributed by atoms with Crippen molar-refractivity contribution in [2.45, 2.75) is 26.8 Å². The highest BCUT2D eigenvalue weighted by atomic mass is 79.9. The third-order valence-corrected chi connectivity index (χ3v) is 3.79. The second-order valence-electron chi connectivity index (χ2n) is 5.30. The van der Waals surface area contributed by atoms with E-state index in [9.17, 15) is 4.79 Å². The molecule has 0 aliphatic rings. The molecule has 0 atom stereocenters. The fraction of sp³-hybridized carbons (Fsp3) is 0.462. The number of primary amides is 1. The number of aromatic nitrogens is 3. The lowest BCUT2D eigenvalue weighted by atomic mass is 9.92. The summed E-state index contributed by atoms with van der Waals surface area (Å²) >= 11 is 9.20. The second-order valence-corrected chi connectivity index (χ2v) is 6.59. The summed E-state index contributed by atoms with van der Waals surface area (Å²) in [6.45, 7) is 4.05. The highest BCUT2D eigenvalue weighted by molar-refractivity contribution is 9.10. The van der Waals surface area contributed by atoms with E-state index in [1.165, 1.54) is 0 Å². The van der Waals surface area contributed by atoms with Crippen LogP contribution in [0.2, 0.25) is 0 Å². The normalized spacial score (nSPS) is 12.0. The average molecular weight is 360 g/mol. The van der Waals surface area contributed by atoms with E-state index in [0.29, 0.717) is 18.8 Å². The zero-order valence-electron chi connectivity index (χ0n) is 11.4. The van der Waals surface area contributed by atoms with Crippen LogP contribution in [0.1, 0.15) is 19.7 Å². The number of halogens is 2. The lowest BCUT2D eigenvalue weighted by molar-refractivity contribution is -0.126. The van der Waals surface area contributed by atoms with E-state index in [1.54, 1.807) is 6.20 Å². The molecule has 2 aromatic rings. The molecule has 5 nitrogen and oxygen atoms in total. The van der Waals surface area contributed by atoms with E-state index in [1.807, 2.05) is 24.5 Å². The number of rotatable bonds is 5. The van der Waals surface area contributed by atoms with Crippen molar-refractivity contribution in [3.63, 3.8) is 0 Å². The summed E-state index contributed by atoms with van der Waals surface area (Å²) in [7, 11) is 0. The fourth-order valence-electron chi connectivity index (χ4n) is 1.95. The maximum Gasteiger partial charge on any atom is 0.224 e. The van der Waals surface area contributed by atoms with Crippen LogP contribution in [-0.2, 0) is 17.8 Å². The fourth-order valence-corrected chi connectivity index (χ4v) is 2.44. The van der Waals surface area contributed by atoms with Gasteiger partial charge < -0.3 is 10.3 Å². The van der Waals surface area contributed by atoms with Gasteiger partial charge in [0.15, 0.2) is 5.65 Å². The molecule has 2 aromatic heterocycles. The number of alkyl halides is 1. The Bertz CT molecular complexity index is 653. The molecule has 2 N–H and O–H groups in total. The molecule has 0 saturated carbocycles. The molecule has 0 saturated heterocycles. The van der Waals surface area contributed by atoms with E-state index >= 15 is 0 Å². The molecule has 1 amide bonds. The van der Waals surface area contributed by atoms with Crippen LogP contribution in [0.15, 0.2) is 16.7 Å². The number of hydrogen-bond donors (Lipinski definition) is 1. The van der Waals surface area contributed by atoms with E-state index in [-0.39, 0.29) is 5.91 Å². The maximum absolute atomic E-state index is 11.5. The first kappa shape index (κ1) is 15.3. The van der Waals surface area contributed by atoms with E-state index in [0.717, 1.165) is 21.5 Å². The third-order valence-electron chi connectivity index (χ3n) is 3.17. The summed E-state index contributed by atoms with van der Waals surface area (Å²) in [6, 6.07) is 1.90. The first-order valence-corrected chi connectivity index (χ1v) is 7.54. The van der Waals surface area contributed by atoms with Gasteiger partial charge in [-0.1, -0.05) is 0 Å². The zero-order chi connectivity index (χ0) is 14.9. The molecular formula is C13H16BrClN4O. The molecular weight excluding hydrogens is 344 g/mol. The summed E-state index contributed by atoms with van der Waals surface area (Å²) in [5, 5.41) is 0. The number of carbonyl (C=O) groups excluding carboxylic acids is 1. The molecule has 0 aliphatic carbocycles. The average Bonchev–Trinajstić information content (AvgIpc) is 2.66. The molecule has 0 unspecified atom stereocenters. The number of imidazole rings is 1. The Kier molecular flexibility index (Phi) is 4.34. The Balaban J connectivity index is 2.54. The first-order valence-electron chi connectivity index (χ1n) is 6.21. The van der Waals surface area contributed by atoms with Crippen molar-refractivity contribution in [2.75, 3.05) is 5.88 Å². The highest BCUT2D eigenvalue weighted by Crippen LogP contribution is 2.24. The van der Waals surface area contributed by atoms with Gasteiger partial charge in [-0.3, -0.25) is 4.79 Å². The van der Waals surface area contributed by atoms with Crippen molar-refractivity contribution in [1.82, 2.24) is 14.5 Å². The largest absolute Gasteiger partial charge is 0.369 e. The van der Waals surface area contributed by atoms with Crippen LogP contribution in [0.4, 0.5) is 0 Å². The Hall–Kier alpha value is -1.14. The topological polar surface area (TPSA) is 73.8 Å². The number of fused-ring (bicyclic) bond motifs is 1. The van der Waals surface area contributed by atoms with Crippen molar-refractivity contribution in [1.29, 1.82) is 0 Å². The summed E-state index contributed by atoms with van der Waals surface area (Å²) in [5.41, 5.74) is 6.29. The van der Waals surface area contributed by atoms with Gasteiger partial charge in [-0.2, -0.15) is 0 Å². The zero-order valence-corrected chi connectivity index (χ0v) is 13.7. The molecule has 0 bridgehead atoms. The number of nitrogens with zero attached hydrogens (tertiary/aromatic N) is 3. The van der Waals surface area contributed by atoms with Gasteiger partial charge in [-0.15, -0.1) is 11.6 Å². The lowest BCUT2D eigenvalue weighted by Gasteiger charge is -2.22. The van der Waals surface area contributed by atoms with Crippen molar-refractivity contribution in [3.05, 3.63) is 22.6 Å². The Morgan fingerprint density at radius 2 is 2.25 bits per heavy atom. The highest BCUT2D eigenvalue weighted by Gasteiger charge is 2.28. The molecule has 0 radical (unpaired) electrons. The van der Waals surface area contributed by atoms with Gasteiger partial charge in [-0.25, -0.2) is 9.97 Å². The van der Waals surface area contributed by atoms with Gasteiger partial charge in [0, 0.05) is 29.5 Å². The maximum atomic E-state index is 11.5. The third kappa shape index (κ3) is 2.96. The Labute approximate surface area is 130 Å². The van der Waals surface area contributed by atoms with E-state index in [2.05, 4.69) is 25.9 Å². The van der Waals surface area contributed by atoms with Crippen LogP contribution in [0.3, 0.4) is 0 Å². The monoisotopic (exact) mass is 358 g/mol. The summed E-state index contributed by atoms with van der Waals surface area (Å²) in [5.74, 6) is 0.921. The number of nitrogens with two attached hydrogens (primary N) is 1. The van der Waals surface area contributed by atoms with Crippen molar-refractivity contribution >= 4 is 44.6 Å². The summed E-state index contributed by atoms with van der Waals surface area (Å²) < 4.78 is 2.79. The van der Waals surface area contributed by atoms with Crippen LogP contribution >= 0.6 is 27.5 Å². The molecule has 108 valence electrons. The molecule has 2 heterocycles. The van der Waals surface area contributed by atoms with Gasteiger partial charge in [0.25, 0.3) is 0 Å². The number of aryl methyl sites for hydroxylation is 1. The van der Waals surface area contributed by atoms with Crippen molar-refractivity contribution < 1.29 is 4.79 Å². The predicted molar refractivity (Wildman–Crippen MR) is 82.6 cm³/mol. The van der Waals surface area contributed by atoms with Crippen LogP contribution in [0.5, 0.6) is 0 Å². The Morgan fingerprint density at radius 1 is 1.55 bits per heavy atom. The first-order chi connectivity index (χ1) is 9.35. The smallest absolute Gasteiger partial charge is 0.224 e. The van der Waals surface area contributed by atoms with Crippen LogP contribution < -0.4 is 5.73 Å². The van der Waals surface area contributed by atoms with Crippen molar-refractivity contribution in [2.24, 2.45) is 11.1 Å². The van der Waals surface area contributed by atoms with Gasteiger partial charge >= 0.3 is 0 Å². The number of hydrogen-bond acceptors (Lipinski definition) is 3. The van der Waals surface area contributed by atoms with Gasteiger partial charge in [-0.05, 0) is 35.8 Å². The quantitative estimate of drug-likeness (QED) is 0.834. The molecule has 2 rings (SSSR count). The number of pyridine rings is 1. The minimum atomic E-state index is -0.677. The standard InChI is InChI=1S/C13H16BrClN4O/c1-13(2,12(16)20)7-19-10(3-4-15)18-9-5-8(14)6-17-11(9)19/h5-6H,3-4,7H2,1-2H3,(H2,16,20). The lowest BCUT2D eigenvalue weighted by Crippen LogP contribution is -2.35. The van der Waals surface area contributed by atoms with E-state index in [4.69, 9.17) is 17.3 Å². The van der Waals surface area contributed by atoms with Gasteiger partial charge in [0.05, 0.1) is 5.41 Å². The Morgan fingerprint density at radius 3 is 2.85 bits per heavy atom. The van der Waals surface area contributed by atoms with Crippen LogP contribution in [0, 0.1) is 5.41 Å². The van der Waals surface area contributed by atoms with Gasteiger partial charge in [0.1, 0.15) is 11.3 Å². The van der Waals surface area contributed by atoms with Crippen LogP contribution in [-0.4, -0.2) is 26.3 Å². The summed E-state index contributed by atoms with van der Waals surface area (Å²) in [6.07, 6.45) is 2.33. The molecule has 7 heteroatoms. The van der Waals surface area contributed by atoms with Crippen LogP contribution in [0.25, 0.3) is 11.2 Å². The molecule has 0 fully saturated rings. The minimum Gasteiger partial charge on any atom is -0.369 e.